The molecule has 0 radical (unpaired) electrons. The topological polar surface area (TPSA) is 89.5 Å². The third-order valence-electron chi connectivity index (χ3n) is 10.5. The fourth-order valence-electron chi connectivity index (χ4n) is 8.07. The highest BCUT2D eigenvalue weighted by molar-refractivity contribution is 7.00. The average molecular weight is 769 g/mol. The van der Waals surface area contributed by atoms with Gasteiger partial charge in [-0.15, -0.1) is 0 Å². The van der Waals surface area contributed by atoms with Gasteiger partial charge in [0.25, 0.3) is 16.6 Å². The normalized spacial score (nSPS) is 20.9. The SMILES string of the molecule is CO[C@@]1(CO[Si](c2ccccc2)(c2ccccc2)C(C)(C)C)OC[C@H](CO[Si](c2ccccc2)(c2ccccc2)C(C)(C)C)[C@@H](OC(C)=O)[C@@H]1OC(C)=O. The lowest BCUT2D eigenvalue weighted by molar-refractivity contribution is -0.337. The van der Waals surface area contributed by atoms with Gasteiger partial charge in [-0.1, -0.05) is 163 Å². The van der Waals surface area contributed by atoms with E-state index in [0.29, 0.717) is 0 Å². The molecule has 4 aromatic carbocycles. The van der Waals surface area contributed by atoms with Crippen LogP contribution in [0.4, 0.5) is 0 Å². The lowest BCUT2D eigenvalue weighted by atomic mass is 9.90. The van der Waals surface area contributed by atoms with Crippen LogP contribution in [0.1, 0.15) is 55.4 Å². The third-order valence-corrected chi connectivity index (χ3v) is 20.5. The van der Waals surface area contributed by atoms with E-state index in [1.165, 1.54) is 21.0 Å². The van der Waals surface area contributed by atoms with Crippen LogP contribution in [0.3, 0.4) is 0 Å². The molecule has 1 saturated heterocycles. The van der Waals surface area contributed by atoms with Crippen LogP contribution in [0.2, 0.25) is 10.1 Å². The summed E-state index contributed by atoms with van der Waals surface area (Å²) in [4.78, 5) is 25.9. The number of methoxy groups -OCH3 is 1. The van der Waals surface area contributed by atoms with Gasteiger partial charge in [-0.3, -0.25) is 9.59 Å². The first-order chi connectivity index (χ1) is 25.6. The molecule has 1 heterocycles. The molecule has 0 spiro atoms. The molecule has 1 aliphatic rings. The molecule has 4 atom stereocenters. The van der Waals surface area contributed by atoms with Crippen LogP contribution in [0.5, 0.6) is 0 Å². The molecule has 1 fully saturated rings. The van der Waals surface area contributed by atoms with E-state index in [9.17, 15) is 9.59 Å². The predicted molar refractivity (Wildman–Crippen MR) is 217 cm³/mol. The van der Waals surface area contributed by atoms with Crippen molar-refractivity contribution in [1.82, 2.24) is 0 Å². The minimum absolute atomic E-state index is 0.0891. The first kappa shape index (κ1) is 41.3. The number of benzene rings is 4. The minimum atomic E-state index is -3.10. The lowest BCUT2D eigenvalue weighted by Crippen LogP contribution is -2.71. The summed E-state index contributed by atoms with van der Waals surface area (Å²) in [6, 6.07) is 41.2. The van der Waals surface area contributed by atoms with E-state index in [1.807, 2.05) is 72.8 Å². The number of rotatable bonds is 13. The van der Waals surface area contributed by atoms with Crippen molar-refractivity contribution in [3.8, 4) is 0 Å². The van der Waals surface area contributed by atoms with Crippen molar-refractivity contribution in [3.63, 3.8) is 0 Å². The summed E-state index contributed by atoms with van der Waals surface area (Å²) in [7, 11) is -4.58. The molecule has 288 valence electrons. The van der Waals surface area contributed by atoms with Gasteiger partial charge in [0.15, 0.2) is 12.2 Å². The maximum atomic E-state index is 12.9. The molecule has 0 aromatic heterocycles. The molecular weight excluding hydrogens is 713 g/mol. The van der Waals surface area contributed by atoms with Gasteiger partial charge in [0.05, 0.1) is 13.2 Å². The van der Waals surface area contributed by atoms with E-state index in [-0.39, 0.29) is 29.9 Å². The first-order valence-electron chi connectivity index (χ1n) is 18.6. The molecule has 0 N–H and O–H groups in total. The van der Waals surface area contributed by atoms with Crippen molar-refractivity contribution >= 4 is 49.3 Å². The van der Waals surface area contributed by atoms with Crippen molar-refractivity contribution < 1.29 is 37.4 Å². The van der Waals surface area contributed by atoms with Crippen LogP contribution in [-0.4, -0.2) is 73.5 Å². The number of carbonyl (C=O) groups is 2. The van der Waals surface area contributed by atoms with Crippen molar-refractivity contribution in [2.45, 2.75) is 83.5 Å². The molecule has 0 amide bonds. The number of hydrogen-bond acceptors (Lipinski definition) is 8. The number of carbonyl (C=O) groups excluding carboxylic acids is 2. The zero-order valence-electron chi connectivity index (χ0n) is 33.2. The molecule has 0 bridgehead atoms. The van der Waals surface area contributed by atoms with Gasteiger partial charge in [-0.25, -0.2) is 0 Å². The van der Waals surface area contributed by atoms with Gasteiger partial charge in [0.2, 0.25) is 5.79 Å². The summed E-state index contributed by atoms with van der Waals surface area (Å²) >= 11 is 0. The Morgan fingerprint density at radius 3 is 1.33 bits per heavy atom. The van der Waals surface area contributed by atoms with Gasteiger partial charge < -0.3 is 27.8 Å². The standard InChI is InChI=1S/C44H56O8Si2/c1-33(45)51-40-35(31-49-53(42(3,4)5,36-22-14-10-15-23-36)37-24-16-11-17-25-37)30-48-44(47-9,41(40)52-34(2)46)32-50-54(43(6,7)8,38-26-18-12-19-27-38)39-28-20-13-21-29-39/h10-29,35,40-41H,30-32H2,1-9H3/t35-,40-,41+,44+/m1/s1. The summed E-state index contributed by atoms with van der Waals surface area (Å²) in [5.74, 6) is -3.23. The highest BCUT2D eigenvalue weighted by Gasteiger charge is 2.60. The highest BCUT2D eigenvalue weighted by Crippen LogP contribution is 2.42. The molecule has 5 rings (SSSR count). The Bertz CT molecular complexity index is 1730. The van der Waals surface area contributed by atoms with Crippen molar-refractivity contribution in [2.75, 3.05) is 26.9 Å². The summed E-state index contributed by atoms with van der Waals surface area (Å²) < 4.78 is 39.8. The van der Waals surface area contributed by atoms with Crippen molar-refractivity contribution in [2.24, 2.45) is 5.92 Å². The molecule has 0 aliphatic carbocycles. The number of ether oxygens (including phenoxy) is 4. The molecule has 10 heteroatoms. The lowest BCUT2D eigenvalue weighted by Gasteiger charge is -2.51. The fraction of sp³-hybridized carbons (Fsp3) is 0.409. The maximum absolute atomic E-state index is 12.9. The second-order valence-corrected chi connectivity index (χ2v) is 24.7. The summed E-state index contributed by atoms with van der Waals surface area (Å²) in [6.07, 6.45) is -2.15. The molecular formula is C44H56O8Si2. The smallest absolute Gasteiger partial charge is 0.303 e. The maximum Gasteiger partial charge on any atom is 0.303 e. The number of hydrogen-bond donors (Lipinski definition) is 0. The zero-order valence-corrected chi connectivity index (χ0v) is 35.2. The highest BCUT2D eigenvalue weighted by atomic mass is 28.4. The van der Waals surface area contributed by atoms with Crippen LogP contribution in [-0.2, 0) is 37.4 Å². The molecule has 8 nitrogen and oxygen atoms in total. The van der Waals surface area contributed by atoms with Gasteiger partial charge in [-0.2, -0.15) is 0 Å². The van der Waals surface area contributed by atoms with E-state index in [1.54, 1.807) is 0 Å². The van der Waals surface area contributed by atoms with Gasteiger partial charge in [0.1, 0.15) is 0 Å². The van der Waals surface area contributed by atoms with Crippen LogP contribution in [0.25, 0.3) is 0 Å². The Morgan fingerprint density at radius 2 is 1.00 bits per heavy atom. The fourth-order valence-corrected chi connectivity index (χ4v) is 17.3. The minimum Gasteiger partial charge on any atom is -0.458 e. The first-order valence-corrected chi connectivity index (χ1v) is 22.5. The molecule has 54 heavy (non-hydrogen) atoms. The Hall–Kier alpha value is -3.91. The molecule has 4 aromatic rings. The quantitative estimate of drug-likeness (QED) is 0.121. The van der Waals surface area contributed by atoms with Crippen LogP contribution >= 0.6 is 0 Å². The van der Waals surface area contributed by atoms with Gasteiger partial charge >= 0.3 is 11.9 Å². The van der Waals surface area contributed by atoms with E-state index in [2.05, 4.69) is 90.1 Å². The van der Waals surface area contributed by atoms with Crippen LogP contribution in [0.15, 0.2) is 121 Å². The monoisotopic (exact) mass is 768 g/mol. The summed E-state index contributed by atoms with van der Waals surface area (Å²) in [5, 5.41) is 3.73. The third kappa shape index (κ3) is 8.19. The Balaban J connectivity index is 1.58. The zero-order chi connectivity index (χ0) is 39.2. The predicted octanol–water partition coefficient (Wildman–Crippen LogP) is 5.99. The molecule has 0 saturated carbocycles. The van der Waals surface area contributed by atoms with Gasteiger partial charge in [0, 0.05) is 33.5 Å². The van der Waals surface area contributed by atoms with Crippen LogP contribution < -0.4 is 20.7 Å². The molecule has 0 unspecified atom stereocenters. The summed E-state index contributed by atoms with van der Waals surface area (Å²) in [5.41, 5.74) is 0. The largest absolute Gasteiger partial charge is 0.458 e. The van der Waals surface area contributed by atoms with Crippen molar-refractivity contribution in [3.05, 3.63) is 121 Å². The number of esters is 2. The van der Waals surface area contributed by atoms with Crippen molar-refractivity contribution in [1.29, 1.82) is 0 Å². The van der Waals surface area contributed by atoms with E-state index >= 15 is 0 Å². The van der Waals surface area contributed by atoms with Gasteiger partial charge in [-0.05, 0) is 30.8 Å². The van der Waals surface area contributed by atoms with E-state index < -0.39 is 52.5 Å². The Labute approximate surface area is 323 Å². The second kappa shape index (κ2) is 16.8. The average Bonchev–Trinajstić information content (AvgIpc) is 3.14. The molecule has 1 aliphatic heterocycles. The Kier molecular flexibility index (Phi) is 12.9. The van der Waals surface area contributed by atoms with Crippen LogP contribution in [0, 0.1) is 5.92 Å². The second-order valence-electron chi connectivity index (χ2n) is 16.1. The Morgan fingerprint density at radius 1 is 0.630 bits per heavy atom. The van der Waals surface area contributed by atoms with E-state index in [4.69, 9.17) is 27.8 Å². The summed E-state index contributed by atoms with van der Waals surface area (Å²) in [6.45, 7) is 16.0. The van der Waals surface area contributed by atoms with E-state index in [0.717, 1.165) is 20.7 Å².